The number of phenols is 1. The summed E-state index contributed by atoms with van der Waals surface area (Å²) in [5.41, 5.74) is -0.0671. The molecule has 0 aliphatic heterocycles. The van der Waals surface area contributed by atoms with E-state index < -0.39 is 5.97 Å². The number of hydrogen-bond acceptors (Lipinski definition) is 2. The summed E-state index contributed by atoms with van der Waals surface area (Å²) in [5.74, 6) is -1.31. The van der Waals surface area contributed by atoms with Gasteiger partial charge in [0, 0.05) is 0 Å². The van der Waals surface area contributed by atoms with E-state index in [9.17, 15) is 9.90 Å². The van der Waals surface area contributed by atoms with E-state index in [0.717, 1.165) is 25.7 Å². The lowest BCUT2D eigenvalue weighted by Gasteiger charge is -2.01. The zero-order chi connectivity index (χ0) is 14.0. The third-order valence-corrected chi connectivity index (χ3v) is 2.36. The summed E-state index contributed by atoms with van der Waals surface area (Å²) in [6.45, 7) is 4.11. The van der Waals surface area contributed by atoms with Gasteiger partial charge in [-0.1, -0.05) is 38.8 Å². The highest BCUT2D eigenvalue weighted by molar-refractivity contribution is 5.90. The van der Waals surface area contributed by atoms with Crippen molar-refractivity contribution in [3.8, 4) is 5.75 Å². The van der Waals surface area contributed by atoms with Gasteiger partial charge in [0.15, 0.2) is 0 Å². The monoisotopic (exact) mass is 253 g/mol. The van der Waals surface area contributed by atoms with Crippen LogP contribution < -0.4 is 0 Å². The van der Waals surface area contributed by atoms with Crippen LogP contribution in [0.3, 0.4) is 0 Å². The Kier molecular flexibility index (Phi) is 8.66. The largest absolute Gasteiger partial charge is 0.507 e. The molecule has 0 atom stereocenters. The minimum atomic E-state index is -1.11. The predicted molar refractivity (Wildman–Crippen MR) is 69.4 cm³/mol. The third kappa shape index (κ3) is 6.91. The molecule has 0 heterocycles. The summed E-state index contributed by atoms with van der Waals surface area (Å²) >= 11 is 0. The van der Waals surface area contributed by atoms with Crippen LogP contribution in [0.5, 0.6) is 5.75 Å². The van der Waals surface area contributed by atoms with Gasteiger partial charge >= 0.3 is 5.97 Å². The van der Waals surface area contributed by atoms with E-state index in [0.29, 0.717) is 0 Å². The van der Waals surface area contributed by atoms with Gasteiger partial charge in [0.1, 0.15) is 11.3 Å². The molecule has 1 aromatic rings. The van der Waals surface area contributed by atoms with Crippen molar-refractivity contribution in [3.05, 3.63) is 29.8 Å². The predicted octanol–water partition coefficient (Wildman–Crippen LogP) is 3.48. The van der Waals surface area contributed by atoms with Crippen LogP contribution in [0.2, 0.25) is 0 Å². The van der Waals surface area contributed by atoms with Crippen molar-refractivity contribution >= 4 is 5.97 Å². The van der Waals surface area contributed by atoms with E-state index in [4.69, 9.17) is 10.2 Å². The van der Waals surface area contributed by atoms with Crippen molar-refractivity contribution < 1.29 is 20.1 Å². The second-order valence-corrected chi connectivity index (χ2v) is 4.02. The third-order valence-electron chi connectivity index (χ3n) is 2.36. The summed E-state index contributed by atoms with van der Waals surface area (Å²) in [4.78, 5) is 10.3. The van der Waals surface area contributed by atoms with Crippen molar-refractivity contribution in [2.75, 3.05) is 0 Å². The van der Waals surface area contributed by atoms with E-state index in [1.807, 2.05) is 0 Å². The molecule has 0 aromatic heterocycles. The van der Waals surface area contributed by atoms with Crippen molar-refractivity contribution in [2.24, 2.45) is 0 Å². The summed E-state index contributed by atoms with van der Waals surface area (Å²) < 4.78 is 0. The molecule has 101 valence electrons. The summed E-state index contributed by atoms with van der Waals surface area (Å²) in [5, 5.41) is 28.0. The molecule has 1 rings (SSSR count). The molecule has 0 amide bonds. The Balaban J connectivity index is 0.000000331. The molecule has 0 spiro atoms. The van der Waals surface area contributed by atoms with E-state index in [1.54, 1.807) is 12.1 Å². The summed E-state index contributed by atoms with van der Waals surface area (Å²) in [7, 11) is 0. The first-order valence-corrected chi connectivity index (χ1v) is 6.20. The second-order valence-electron chi connectivity index (χ2n) is 4.02. The van der Waals surface area contributed by atoms with Gasteiger partial charge in [-0.15, -0.1) is 0 Å². The van der Waals surface area contributed by atoms with Gasteiger partial charge in [0.2, 0.25) is 0 Å². The smallest absolute Gasteiger partial charge is 0.339 e. The molecule has 1 aromatic carbocycles. The lowest BCUT2D eigenvalue weighted by Crippen LogP contribution is -2.01. The van der Waals surface area contributed by atoms with Crippen molar-refractivity contribution in [3.63, 3.8) is 0 Å². The molecule has 0 saturated carbocycles. The fraction of sp³-hybridized carbons (Fsp3) is 0.500. The molecular formula is C14H21O4. The highest BCUT2D eigenvalue weighted by Crippen LogP contribution is 2.14. The lowest BCUT2D eigenvalue weighted by molar-refractivity contribution is 0.0692. The molecule has 1 radical (unpaired) electrons. The minimum Gasteiger partial charge on any atom is -0.507 e. The Morgan fingerprint density at radius 2 is 1.67 bits per heavy atom. The first-order valence-electron chi connectivity index (χ1n) is 6.20. The number of para-hydroxylation sites is 1. The summed E-state index contributed by atoms with van der Waals surface area (Å²) in [6.07, 6.45) is 3.49. The number of carbonyl (C=O) groups is 1. The molecule has 0 aliphatic carbocycles. The molecule has 0 fully saturated rings. The Morgan fingerprint density at radius 1 is 1.17 bits per heavy atom. The van der Waals surface area contributed by atoms with Gasteiger partial charge in [-0.05, 0) is 25.0 Å². The van der Waals surface area contributed by atoms with Crippen LogP contribution in [0.25, 0.3) is 0 Å². The first-order chi connectivity index (χ1) is 8.52. The van der Waals surface area contributed by atoms with Crippen LogP contribution >= 0.6 is 0 Å². The fourth-order valence-electron chi connectivity index (χ4n) is 1.44. The molecule has 0 aliphatic rings. The Hall–Kier alpha value is -1.55. The van der Waals surface area contributed by atoms with Gasteiger partial charge in [-0.3, -0.25) is 0 Å². The van der Waals surface area contributed by atoms with Gasteiger partial charge in [0.25, 0.3) is 0 Å². The van der Waals surface area contributed by atoms with Gasteiger partial charge in [0.05, 0.1) is 6.10 Å². The Labute approximate surface area is 108 Å². The van der Waals surface area contributed by atoms with Crippen LogP contribution in [-0.2, 0) is 5.11 Å². The molecular weight excluding hydrogens is 232 g/mol. The number of rotatable bonds is 5. The quantitative estimate of drug-likeness (QED) is 0.843. The maximum Gasteiger partial charge on any atom is 0.339 e. The van der Waals surface area contributed by atoms with Crippen molar-refractivity contribution in [1.29, 1.82) is 0 Å². The Morgan fingerprint density at radius 3 is 2.00 bits per heavy atom. The number of aromatic hydroxyl groups is 1. The van der Waals surface area contributed by atoms with Gasteiger partial charge in [-0.25, -0.2) is 9.90 Å². The molecule has 2 N–H and O–H groups in total. The average Bonchev–Trinajstić information content (AvgIpc) is 2.30. The normalized spacial score (nSPS) is 9.78. The number of aromatic carboxylic acids is 1. The topological polar surface area (TPSA) is 77.4 Å². The van der Waals surface area contributed by atoms with Crippen LogP contribution in [0.15, 0.2) is 24.3 Å². The average molecular weight is 253 g/mol. The molecule has 0 saturated heterocycles. The zero-order valence-electron chi connectivity index (χ0n) is 10.9. The van der Waals surface area contributed by atoms with E-state index in [1.165, 1.54) is 12.1 Å². The van der Waals surface area contributed by atoms with Crippen LogP contribution in [0, 0.1) is 0 Å². The highest BCUT2D eigenvalue weighted by atomic mass is 16.4. The molecule has 4 heteroatoms. The number of hydrogen-bond donors (Lipinski definition) is 2. The van der Waals surface area contributed by atoms with Crippen LogP contribution in [-0.4, -0.2) is 22.3 Å². The first kappa shape index (κ1) is 16.4. The maximum absolute atomic E-state index is 10.7. The molecule has 4 nitrogen and oxygen atoms in total. The van der Waals surface area contributed by atoms with Gasteiger partial charge < -0.3 is 10.2 Å². The zero-order valence-corrected chi connectivity index (χ0v) is 10.9. The summed E-state index contributed by atoms with van der Waals surface area (Å²) in [6, 6.07) is 5.81. The standard InChI is InChI=1S/C7H6O3.C7H15O/c8-6-4-2-1-3-5(6)7(9)10;1-3-5-7(8)6-4-2/h1-4,8H,(H,9,10);7H,3-6H2,1-2H3. The number of benzene rings is 1. The SMILES string of the molecule is CCCC([O])CCC.O=C(O)c1ccccc1O. The van der Waals surface area contributed by atoms with E-state index >= 15 is 0 Å². The van der Waals surface area contributed by atoms with E-state index in [2.05, 4.69) is 13.8 Å². The van der Waals surface area contributed by atoms with Gasteiger partial charge in [-0.2, -0.15) is 0 Å². The minimum absolute atomic E-state index is 0.0671. The molecule has 0 bridgehead atoms. The number of carboxylic acids is 1. The maximum atomic E-state index is 10.7. The van der Waals surface area contributed by atoms with Crippen molar-refractivity contribution in [1.82, 2.24) is 0 Å². The highest BCUT2D eigenvalue weighted by Gasteiger charge is 2.05. The van der Waals surface area contributed by atoms with Crippen LogP contribution in [0.4, 0.5) is 0 Å². The fourth-order valence-corrected chi connectivity index (χ4v) is 1.44. The number of carboxylic acid groups (broad SMARTS) is 1. The Bertz CT molecular complexity index is 343. The van der Waals surface area contributed by atoms with Crippen molar-refractivity contribution in [2.45, 2.75) is 45.6 Å². The van der Waals surface area contributed by atoms with E-state index in [-0.39, 0.29) is 17.4 Å². The molecule has 0 unspecified atom stereocenters. The lowest BCUT2D eigenvalue weighted by atomic mass is 10.1. The molecule has 18 heavy (non-hydrogen) atoms. The second kappa shape index (κ2) is 9.48. The van der Waals surface area contributed by atoms with Crippen LogP contribution in [0.1, 0.15) is 49.9 Å².